The number of rotatable bonds is 3. The molecule has 3 saturated heterocycles. The Bertz CT molecular complexity index is 319. The van der Waals surface area contributed by atoms with E-state index in [1.807, 2.05) is 13.8 Å². The van der Waals surface area contributed by atoms with Crippen molar-refractivity contribution in [1.82, 2.24) is 0 Å². The summed E-state index contributed by atoms with van der Waals surface area (Å²) in [5.74, 6) is -1.09. The molecule has 0 aromatic carbocycles. The van der Waals surface area contributed by atoms with Gasteiger partial charge in [-0.15, -0.1) is 0 Å². The summed E-state index contributed by atoms with van der Waals surface area (Å²) in [6.45, 7) is 4.09. The quantitative estimate of drug-likeness (QED) is 0.712. The summed E-state index contributed by atoms with van der Waals surface area (Å²) in [5.41, 5.74) is 0. The van der Waals surface area contributed by atoms with Crippen molar-refractivity contribution in [3.63, 3.8) is 0 Å². The van der Waals surface area contributed by atoms with Crippen molar-refractivity contribution in [2.75, 3.05) is 13.2 Å². The Morgan fingerprint density at radius 2 is 1.94 bits per heavy atom. The molecule has 4 unspecified atom stereocenters. The summed E-state index contributed by atoms with van der Waals surface area (Å²) in [7, 11) is -0.576. The van der Waals surface area contributed by atoms with E-state index in [-0.39, 0.29) is 33.1 Å². The van der Waals surface area contributed by atoms with Gasteiger partial charge in [-0.05, 0) is 12.6 Å². The number of aliphatic hydroxyl groups excluding tert-OH is 1. The predicted molar refractivity (Wildman–Crippen MR) is 63.9 cm³/mol. The molecule has 0 aliphatic carbocycles. The van der Waals surface area contributed by atoms with E-state index in [4.69, 9.17) is 23.4 Å². The Hall–Kier alpha value is -0.110. The number of aliphatic hydroxyl groups is 1. The molecule has 8 heteroatoms. The van der Waals surface area contributed by atoms with Gasteiger partial charge in [0.1, 0.15) is 6.10 Å². The Balaban J connectivity index is 1.81. The zero-order valence-electron chi connectivity index (χ0n) is 10.7. The average Bonchev–Trinajstić information content (AvgIpc) is 2.98. The highest BCUT2D eigenvalue weighted by molar-refractivity contribution is 6.46. The molecule has 0 aromatic heterocycles. The van der Waals surface area contributed by atoms with Gasteiger partial charge in [0.15, 0.2) is 0 Å². The fourth-order valence-corrected chi connectivity index (χ4v) is 2.76. The molecular formula is C10H18B2O6. The molecule has 4 atom stereocenters. The Morgan fingerprint density at radius 1 is 1.17 bits per heavy atom. The smallest absolute Gasteiger partial charge is 0.403 e. The molecular weight excluding hydrogens is 238 g/mol. The molecule has 100 valence electrons. The topological polar surface area (TPSA) is 66.4 Å². The van der Waals surface area contributed by atoms with Crippen LogP contribution in [0.2, 0.25) is 12.6 Å². The van der Waals surface area contributed by atoms with Crippen LogP contribution in [0.1, 0.15) is 13.8 Å². The summed E-state index contributed by atoms with van der Waals surface area (Å²) < 4.78 is 28.7. The third kappa shape index (κ3) is 1.83. The van der Waals surface area contributed by atoms with E-state index in [2.05, 4.69) is 0 Å². The van der Waals surface area contributed by atoms with Gasteiger partial charge in [-0.1, -0.05) is 13.8 Å². The fraction of sp³-hybridized carbons (Fsp3) is 1.00. The lowest BCUT2D eigenvalue weighted by Gasteiger charge is -2.41. The molecule has 0 saturated carbocycles. The summed E-state index contributed by atoms with van der Waals surface area (Å²) in [4.78, 5) is 0. The highest BCUT2D eigenvalue weighted by atomic mass is 16.8. The predicted octanol–water partition coefficient (Wildman–Crippen LogP) is -0.0792. The van der Waals surface area contributed by atoms with Crippen LogP contribution in [-0.4, -0.2) is 56.7 Å². The second-order valence-electron chi connectivity index (χ2n) is 4.91. The Labute approximate surface area is 107 Å². The lowest BCUT2D eigenvalue weighted by molar-refractivity contribution is -0.270. The second-order valence-corrected chi connectivity index (χ2v) is 4.91. The normalized spacial score (nSPS) is 43.2. The number of hydrogen-bond donors (Lipinski definition) is 1. The Kier molecular flexibility index (Phi) is 3.42. The maximum absolute atomic E-state index is 9.58. The van der Waals surface area contributed by atoms with Crippen LogP contribution in [0.5, 0.6) is 0 Å². The first-order valence-corrected chi connectivity index (χ1v) is 6.61. The van der Waals surface area contributed by atoms with Gasteiger partial charge in [-0.25, -0.2) is 0 Å². The molecule has 3 rings (SSSR count). The van der Waals surface area contributed by atoms with E-state index in [0.29, 0.717) is 12.9 Å². The molecule has 6 nitrogen and oxygen atoms in total. The van der Waals surface area contributed by atoms with Gasteiger partial charge in [0.25, 0.3) is 0 Å². The molecule has 0 spiro atoms. The molecule has 3 fully saturated rings. The SMILES string of the molecule is CCB1OC2COC3(CO)OB(CC)OC3C2O1. The van der Waals surface area contributed by atoms with Gasteiger partial charge in [0.05, 0.1) is 25.4 Å². The summed E-state index contributed by atoms with van der Waals surface area (Å²) >= 11 is 0. The van der Waals surface area contributed by atoms with Crippen LogP contribution in [-0.2, 0) is 23.4 Å². The molecule has 3 aliphatic heterocycles. The van der Waals surface area contributed by atoms with E-state index < -0.39 is 11.9 Å². The highest BCUT2D eigenvalue weighted by Gasteiger charge is 2.62. The van der Waals surface area contributed by atoms with Gasteiger partial charge in [0, 0.05) is 0 Å². The van der Waals surface area contributed by atoms with Crippen molar-refractivity contribution in [1.29, 1.82) is 0 Å². The average molecular weight is 256 g/mol. The molecule has 0 radical (unpaired) electrons. The van der Waals surface area contributed by atoms with Crippen molar-refractivity contribution in [2.24, 2.45) is 0 Å². The second kappa shape index (κ2) is 4.77. The number of ether oxygens (including phenoxy) is 1. The third-order valence-electron chi connectivity index (χ3n) is 3.74. The van der Waals surface area contributed by atoms with Crippen LogP contribution in [0.4, 0.5) is 0 Å². The zero-order valence-corrected chi connectivity index (χ0v) is 10.7. The van der Waals surface area contributed by atoms with E-state index in [0.717, 1.165) is 6.32 Å². The summed E-state index contributed by atoms with van der Waals surface area (Å²) in [5, 5.41) is 9.58. The van der Waals surface area contributed by atoms with Gasteiger partial charge >= 0.3 is 14.2 Å². The lowest BCUT2D eigenvalue weighted by Crippen LogP contribution is -2.60. The number of hydrogen-bond acceptors (Lipinski definition) is 6. The largest absolute Gasteiger partial charge is 0.459 e. The van der Waals surface area contributed by atoms with Gasteiger partial charge in [-0.2, -0.15) is 0 Å². The van der Waals surface area contributed by atoms with E-state index >= 15 is 0 Å². The fourth-order valence-electron chi connectivity index (χ4n) is 2.76. The minimum absolute atomic E-state index is 0.140. The first kappa shape index (κ1) is 12.9. The first-order valence-electron chi connectivity index (χ1n) is 6.61. The maximum atomic E-state index is 9.58. The van der Waals surface area contributed by atoms with Crippen LogP contribution < -0.4 is 0 Å². The molecule has 0 amide bonds. The van der Waals surface area contributed by atoms with E-state index in [1.165, 1.54) is 0 Å². The molecule has 18 heavy (non-hydrogen) atoms. The van der Waals surface area contributed by atoms with Crippen LogP contribution in [0.3, 0.4) is 0 Å². The third-order valence-corrected chi connectivity index (χ3v) is 3.74. The highest BCUT2D eigenvalue weighted by Crippen LogP contribution is 2.41. The first-order chi connectivity index (χ1) is 8.72. The monoisotopic (exact) mass is 256 g/mol. The van der Waals surface area contributed by atoms with E-state index in [1.54, 1.807) is 0 Å². The van der Waals surface area contributed by atoms with Gasteiger partial charge in [-0.3, -0.25) is 0 Å². The van der Waals surface area contributed by atoms with E-state index in [9.17, 15) is 5.11 Å². The molecule has 3 aliphatic rings. The van der Waals surface area contributed by atoms with Crippen molar-refractivity contribution >= 4 is 14.2 Å². The van der Waals surface area contributed by atoms with Crippen molar-refractivity contribution in [3.05, 3.63) is 0 Å². The van der Waals surface area contributed by atoms with Crippen molar-refractivity contribution < 1.29 is 28.5 Å². The standard InChI is InChI=1S/C10H18B2O6/c1-3-11-15-7-5-14-10(6-13)9(8(7)16-11)17-12(4-2)18-10/h7-9,13H,3-6H2,1-2H3. The lowest BCUT2D eigenvalue weighted by atomic mass is 9.86. The molecule has 3 heterocycles. The Morgan fingerprint density at radius 3 is 2.61 bits per heavy atom. The summed E-state index contributed by atoms with van der Waals surface area (Å²) in [6.07, 6.45) is 0.690. The number of fused-ring (bicyclic) bond motifs is 3. The van der Waals surface area contributed by atoms with Crippen LogP contribution in [0, 0.1) is 0 Å². The minimum atomic E-state index is -1.09. The van der Waals surface area contributed by atoms with Crippen molar-refractivity contribution in [2.45, 2.75) is 50.6 Å². The van der Waals surface area contributed by atoms with Crippen LogP contribution >= 0.6 is 0 Å². The molecule has 0 bridgehead atoms. The van der Waals surface area contributed by atoms with Crippen LogP contribution in [0.15, 0.2) is 0 Å². The van der Waals surface area contributed by atoms with Gasteiger partial charge < -0.3 is 28.5 Å². The maximum Gasteiger partial charge on any atom is 0.459 e. The van der Waals surface area contributed by atoms with Crippen LogP contribution in [0.25, 0.3) is 0 Å². The van der Waals surface area contributed by atoms with Gasteiger partial charge in [0.2, 0.25) is 5.79 Å². The zero-order chi connectivity index (χ0) is 12.8. The summed E-state index contributed by atoms with van der Waals surface area (Å²) in [6, 6.07) is 0. The van der Waals surface area contributed by atoms with Crippen molar-refractivity contribution in [3.8, 4) is 0 Å². The molecule has 0 aromatic rings. The minimum Gasteiger partial charge on any atom is -0.403 e. The molecule has 1 N–H and O–H groups in total.